The number of nitrogens with zero attached hydrogens (tertiary/aromatic N) is 3. The molecule has 0 spiro atoms. The Morgan fingerprint density at radius 3 is 2.25 bits per heavy atom. The van der Waals surface area contributed by atoms with Crippen molar-refractivity contribution in [2.24, 2.45) is 4.40 Å². The SMILES string of the molecule is CC(C)(C)S(=O)/N=C/c1ccc([N+](=O)[O-])cc1[N+](=O)[O-]. The smallest absolute Gasteiger partial charge is 0.258 e. The molecule has 108 valence electrons. The topological polar surface area (TPSA) is 116 Å². The molecule has 0 aliphatic heterocycles. The van der Waals surface area contributed by atoms with Gasteiger partial charge < -0.3 is 0 Å². The van der Waals surface area contributed by atoms with E-state index >= 15 is 0 Å². The predicted octanol–water partition coefficient (Wildman–Crippen LogP) is 2.38. The van der Waals surface area contributed by atoms with Gasteiger partial charge in [0, 0.05) is 6.07 Å². The summed E-state index contributed by atoms with van der Waals surface area (Å²) in [7, 11) is -1.56. The molecule has 8 nitrogen and oxygen atoms in total. The minimum Gasteiger partial charge on any atom is -0.258 e. The summed E-state index contributed by atoms with van der Waals surface area (Å²) in [6.45, 7) is 5.14. The number of nitro benzene ring substituents is 2. The van der Waals surface area contributed by atoms with Crippen LogP contribution in [0.25, 0.3) is 0 Å². The van der Waals surface area contributed by atoms with Crippen molar-refractivity contribution in [2.75, 3.05) is 0 Å². The standard InChI is InChI=1S/C11H13N3O5S/c1-11(2,3)20(19)12-7-8-4-5-9(13(15)16)6-10(8)14(17)18/h4-7H,1-3H3/b12-7+. The van der Waals surface area contributed by atoms with Crippen molar-refractivity contribution in [3.8, 4) is 0 Å². The van der Waals surface area contributed by atoms with E-state index in [1.807, 2.05) is 0 Å². The van der Waals surface area contributed by atoms with Gasteiger partial charge >= 0.3 is 0 Å². The summed E-state index contributed by atoms with van der Waals surface area (Å²) in [5, 5.41) is 21.5. The first kappa shape index (κ1) is 15.9. The molecule has 0 saturated heterocycles. The normalized spacial score (nSPS) is 13.3. The molecule has 0 saturated carbocycles. The van der Waals surface area contributed by atoms with Gasteiger partial charge in [-0.25, -0.2) is 4.21 Å². The summed E-state index contributed by atoms with van der Waals surface area (Å²) < 4.78 is 14.9. The van der Waals surface area contributed by atoms with E-state index in [0.29, 0.717) is 0 Å². The van der Waals surface area contributed by atoms with Gasteiger partial charge in [-0.1, -0.05) is 0 Å². The maximum Gasteiger partial charge on any atom is 0.285 e. The van der Waals surface area contributed by atoms with Crippen molar-refractivity contribution in [1.29, 1.82) is 0 Å². The van der Waals surface area contributed by atoms with Crippen LogP contribution in [0.1, 0.15) is 26.3 Å². The Balaban J connectivity index is 3.19. The third-order valence-electron chi connectivity index (χ3n) is 2.23. The summed E-state index contributed by atoms with van der Waals surface area (Å²) in [4.78, 5) is 20.0. The lowest BCUT2D eigenvalue weighted by Crippen LogP contribution is -2.19. The maximum atomic E-state index is 11.7. The fraction of sp³-hybridized carbons (Fsp3) is 0.364. The molecule has 1 rings (SSSR count). The molecule has 0 heterocycles. The van der Waals surface area contributed by atoms with E-state index < -0.39 is 31.3 Å². The summed E-state index contributed by atoms with van der Waals surface area (Å²) in [5.41, 5.74) is -0.766. The fourth-order valence-electron chi connectivity index (χ4n) is 1.18. The second-order valence-corrected chi connectivity index (χ2v) is 6.79. The number of nitro groups is 2. The lowest BCUT2D eigenvalue weighted by Gasteiger charge is -2.12. The van der Waals surface area contributed by atoms with Crippen LogP contribution in [-0.2, 0) is 11.0 Å². The number of benzene rings is 1. The van der Waals surface area contributed by atoms with Gasteiger partial charge in [0.05, 0.1) is 32.4 Å². The molecule has 0 aliphatic rings. The van der Waals surface area contributed by atoms with Crippen LogP contribution < -0.4 is 0 Å². The first-order valence-corrected chi connectivity index (χ1v) is 6.62. The minimum atomic E-state index is -1.56. The number of non-ortho nitro benzene ring substituents is 1. The molecule has 0 fully saturated rings. The molecule has 0 N–H and O–H groups in total. The Kier molecular flexibility index (Phi) is 4.66. The van der Waals surface area contributed by atoms with Crippen LogP contribution in [0.2, 0.25) is 0 Å². The Labute approximate surface area is 117 Å². The summed E-state index contributed by atoms with van der Waals surface area (Å²) in [6.07, 6.45) is 1.10. The second kappa shape index (κ2) is 5.87. The van der Waals surface area contributed by atoms with Crippen LogP contribution in [0.15, 0.2) is 22.6 Å². The zero-order chi connectivity index (χ0) is 15.5. The van der Waals surface area contributed by atoms with Gasteiger partial charge in [-0.05, 0) is 26.8 Å². The van der Waals surface area contributed by atoms with E-state index in [0.717, 1.165) is 18.3 Å². The van der Waals surface area contributed by atoms with Gasteiger partial charge in [-0.15, -0.1) is 0 Å². The Morgan fingerprint density at radius 2 is 1.80 bits per heavy atom. The van der Waals surface area contributed by atoms with Gasteiger partial charge in [-0.2, -0.15) is 4.40 Å². The molecule has 0 amide bonds. The van der Waals surface area contributed by atoms with Crippen molar-refractivity contribution in [2.45, 2.75) is 25.5 Å². The monoisotopic (exact) mass is 299 g/mol. The van der Waals surface area contributed by atoms with Crippen molar-refractivity contribution in [1.82, 2.24) is 0 Å². The summed E-state index contributed by atoms with van der Waals surface area (Å²) in [5.74, 6) is 0. The van der Waals surface area contributed by atoms with Crippen molar-refractivity contribution in [3.63, 3.8) is 0 Å². The highest BCUT2D eigenvalue weighted by Crippen LogP contribution is 2.23. The van der Waals surface area contributed by atoms with Crippen LogP contribution in [0.5, 0.6) is 0 Å². The molecule has 0 bridgehead atoms. The third-order valence-corrected chi connectivity index (χ3v) is 3.58. The first-order chi connectivity index (χ1) is 9.12. The van der Waals surface area contributed by atoms with E-state index in [9.17, 15) is 24.4 Å². The zero-order valence-corrected chi connectivity index (χ0v) is 11.9. The highest BCUT2D eigenvalue weighted by atomic mass is 32.2. The fourth-order valence-corrected chi connectivity index (χ4v) is 1.70. The molecule has 1 aromatic rings. The van der Waals surface area contributed by atoms with Gasteiger partial charge in [0.25, 0.3) is 11.4 Å². The molecule has 0 aromatic heterocycles. The third kappa shape index (κ3) is 3.92. The van der Waals surface area contributed by atoms with Gasteiger partial charge in [0.15, 0.2) is 0 Å². The lowest BCUT2D eigenvalue weighted by atomic mass is 10.2. The molecule has 1 aromatic carbocycles. The van der Waals surface area contributed by atoms with Gasteiger partial charge in [-0.3, -0.25) is 20.2 Å². The molecule has 1 atom stereocenters. The van der Waals surface area contributed by atoms with Crippen LogP contribution in [-0.4, -0.2) is 25.0 Å². The van der Waals surface area contributed by atoms with E-state index in [2.05, 4.69) is 4.40 Å². The van der Waals surface area contributed by atoms with Crippen molar-refractivity contribution in [3.05, 3.63) is 44.0 Å². The van der Waals surface area contributed by atoms with E-state index in [4.69, 9.17) is 0 Å². The largest absolute Gasteiger partial charge is 0.285 e. The number of hydrogen-bond acceptors (Lipinski definition) is 5. The molecular formula is C11H13N3O5S. The highest BCUT2D eigenvalue weighted by Gasteiger charge is 2.21. The molecular weight excluding hydrogens is 286 g/mol. The Bertz CT molecular complexity index is 607. The molecule has 9 heteroatoms. The Morgan fingerprint density at radius 1 is 1.20 bits per heavy atom. The summed E-state index contributed by atoms with van der Waals surface area (Å²) >= 11 is 0. The Hall–Kier alpha value is -2.16. The maximum absolute atomic E-state index is 11.7. The van der Waals surface area contributed by atoms with E-state index in [1.165, 1.54) is 6.07 Å². The predicted molar refractivity (Wildman–Crippen MR) is 75.2 cm³/mol. The number of hydrogen-bond donors (Lipinski definition) is 0. The molecule has 1 unspecified atom stereocenters. The number of rotatable bonds is 4. The van der Waals surface area contributed by atoms with Crippen molar-refractivity contribution >= 4 is 28.6 Å². The van der Waals surface area contributed by atoms with Crippen LogP contribution >= 0.6 is 0 Å². The van der Waals surface area contributed by atoms with Crippen LogP contribution in [0.3, 0.4) is 0 Å². The first-order valence-electron chi connectivity index (χ1n) is 5.52. The van der Waals surface area contributed by atoms with Crippen LogP contribution in [0, 0.1) is 20.2 Å². The minimum absolute atomic E-state index is 0.0678. The lowest BCUT2D eigenvalue weighted by molar-refractivity contribution is -0.394. The van der Waals surface area contributed by atoms with E-state index in [-0.39, 0.29) is 11.3 Å². The molecule has 0 radical (unpaired) electrons. The van der Waals surface area contributed by atoms with Crippen LogP contribution in [0.4, 0.5) is 11.4 Å². The average Bonchev–Trinajstić information content (AvgIpc) is 2.34. The van der Waals surface area contributed by atoms with Crippen molar-refractivity contribution < 1.29 is 14.1 Å². The molecule has 20 heavy (non-hydrogen) atoms. The van der Waals surface area contributed by atoms with E-state index in [1.54, 1.807) is 20.8 Å². The second-order valence-electron chi connectivity index (χ2n) is 4.85. The quantitative estimate of drug-likeness (QED) is 0.480. The van der Waals surface area contributed by atoms with Gasteiger partial charge in [0.2, 0.25) is 0 Å². The summed E-state index contributed by atoms with van der Waals surface area (Å²) in [6, 6.07) is 3.19. The zero-order valence-electron chi connectivity index (χ0n) is 11.1. The van der Waals surface area contributed by atoms with Gasteiger partial charge in [0.1, 0.15) is 11.0 Å². The molecule has 0 aliphatic carbocycles. The average molecular weight is 299 g/mol. The highest BCUT2D eigenvalue weighted by molar-refractivity contribution is 7.85.